The van der Waals surface area contributed by atoms with Crippen molar-refractivity contribution in [2.45, 2.75) is 62.7 Å². The molecule has 0 amide bonds. The first-order valence-corrected chi connectivity index (χ1v) is 15.5. The lowest BCUT2D eigenvalue weighted by Crippen LogP contribution is -2.68. The molecular formula is C29H37N5O6Si. The fraction of sp³-hybridized carbons (Fsp3) is 0.448. The minimum Gasteiger partial charge on any atom is -0.404 e. The summed E-state index contributed by atoms with van der Waals surface area (Å²) in [6.45, 7) is 6.63. The lowest BCUT2D eigenvalue weighted by atomic mass is 9.91. The molecule has 0 bridgehead atoms. The van der Waals surface area contributed by atoms with E-state index in [0.29, 0.717) is 6.42 Å². The molecule has 4 rings (SSSR count). The maximum Gasteiger partial charge on any atom is 0.330 e. The van der Waals surface area contributed by atoms with Crippen LogP contribution in [0, 0.1) is 0 Å². The van der Waals surface area contributed by atoms with Crippen molar-refractivity contribution in [3.8, 4) is 0 Å². The zero-order valence-electron chi connectivity index (χ0n) is 23.8. The van der Waals surface area contributed by atoms with Gasteiger partial charge in [-0.3, -0.25) is 14.3 Å². The number of aromatic nitrogens is 2. The average molecular weight is 580 g/mol. The fourth-order valence-electron chi connectivity index (χ4n) is 5.80. The van der Waals surface area contributed by atoms with Crippen LogP contribution < -0.4 is 21.6 Å². The molecule has 3 aromatic rings. The second kappa shape index (κ2) is 12.6. The van der Waals surface area contributed by atoms with E-state index < -0.39 is 43.6 Å². The van der Waals surface area contributed by atoms with Crippen LogP contribution in [0.25, 0.3) is 10.4 Å². The predicted octanol–water partition coefficient (Wildman–Crippen LogP) is 2.85. The van der Waals surface area contributed by atoms with E-state index in [2.05, 4.69) is 60.0 Å². The van der Waals surface area contributed by atoms with E-state index in [1.54, 1.807) is 0 Å². The SMILES string of the molecule is CO[C@H]1[C@H](n2ccc(=O)[nH]c2=O)O[C@](CCCN=[N+]=[N-])(CO[Si](c2ccccc2)(c2ccccc2)C(C)(C)C)[C@H]1O. The Morgan fingerprint density at radius 3 is 2.22 bits per heavy atom. The van der Waals surface area contributed by atoms with Crippen LogP contribution in [0.4, 0.5) is 0 Å². The van der Waals surface area contributed by atoms with E-state index in [-0.39, 0.29) is 24.6 Å². The van der Waals surface area contributed by atoms with Crippen LogP contribution in [0.5, 0.6) is 0 Å². The quantitative estimate of drug-likeness (QED) is 0.117. The highest BCUT2D eigenvalue weighted by atomic mass is 28.4. The van der Waals surface area contributed by atoms with Crippen molar-refractivity contribution >= 4 is 18.7 Å². The van der Waals surface area contributed by atoms with Gasteiger partial charge in [0.1, 0.15) is 17.8 Å². The molecule has 1 fully saturated rings. The fourth-order valence-corrected chi connectivity index (χ4v) is 10.4. The van der Waals surface area contributed by atoms with Gasteiger partial charge in [-0.05, 0) is 33.8 Å². The number of benzene rings is 2. The van der Waals surface area contributed by atoms with Gasteiger partial charge in [0.05, 0.1) is 6.61 Å². The number of aliphatic hydroxyl groups excluding tert-OH is 1. The Morgan fingerprint density at radius 2 is 1.71 bits per heavy atom. The number of nitrogens with one attached hydrogen (secondary N) is 1. The minimum atomic E-state index is -3.03. The molecule has 1 aliphatic heterocycles. The molecule has 2 N–H and O–H groups in total. The van der Waals surface area contributed by atoms with Gasteiger partial charge in [-0.25, -0.2) is 4.79 Å². The molecule has 41 heavy (non-hydrogen) atoms. The summed E-state index contributed by atoms with van der Waals surface area (Å²) in [6, 6.07) is 21.4. The van der Waals surface area contributed by atoms with Crippen molar-refractivity contribution in [3.05, 3.63) is 104 Å². The van der Waals surface area contributed by atoms with E-state index in [9.17, 15) is 14.7 Å². The van der Waals surface area contributed by atoms with Gasteiger partial charge in [0.25, 0.3) is 13.9 Å². The maximum absolute atomic E-state index is 12.7. The summed E-state index contributed by atoms with van der Waals surface area (Å²) in [5.41, 5.74) is 6.27. The Hall–Kier alpha value is -3.51. The number of hydrogen-bond acceptors (Lipinski definition) is 7. The van der Waals surface area contributed by atoms with Crippen LogP contribution in [-0.4, -0.2) is 61.0 Å². The van der Waals surface area contributed by atoms with E-state index in [0.717, 1.165) is 10.4 Å². The van der Waals surface area contributed by atoms with Gasteiger partial charge in [0, 0.05) is 30.8 Å². The normalized spacial score (nSPS) is 22.8. The first kappa shape index (κ1) is 30.4. The third-order valence-electron chi connectivity index (χ3n) is 7.76. The molecule has 2 heterocycles. The van der Waals surface area contributed by atoms with Crippen molar-refractivity contribution in [2.75, 3.05) is 20.3 Å². The molecule has 12 heteroatoms. The smallest absolute Gasteiger partial charge is 0.330 e. The van der Waals surface area contributed by atoms with Gasteiger partial charge in [0.15, 0.2) is 6.23 Å². The van der Waals surface area contributed by atoms with Crippen LogP contribution in [0.15, 0.2) is 87.6 Å². The molecular weight excluding hydrogens is 542 g/mol. The zero-order valence-corrected chi connectivity index (χ0v) is 24.8. The van der Waals surface area contributed by atoms with Crippen molar-refractivity contribution < 1.29 is 19.0 Å². The molecule has 0 spiro atoms. The molecule has 1 aromatic heterocycles. The first-order valence-electron chi connectivity index (χ1n) is 13.6. The molecule has 11 nitrogen and oxygen atoms in total. The van der Waals surface area contributed by atoms with Gasteiger partial charge in [0.2, 0.25) is 0 Å². The number of nitrogens with zero attached hydrogens (tertiary/aromatic N) is 4. The maximum atomic E-state index is 12.7. The molecule has 0 aliphatic carbocycles. The van der Waals surface area contributed by atoms with Crippen molar-refractivity contribution in [3.63, 3.8) is 0 Å². The van der Waals surface area contributed by atoms with E-state index >= 15 is 0 Å². The summed E-state index contributed by atoms with van der Waals surface area (Å²) in [5, 5.41) is 17.2. The van der Waals surface area contributed by atoms with E-state index in [1.165, 1.54) is 23.9 Å². The molecule has 0 saturated carbocycles. The summed E-state index contributed by atoms with van der Waals surface area (Å²) in [7, 11) is -1.60. The molecule has 1 aliphatic rings. The van der Waals surface area contributed by atoms with E-state index in [4.69, 9.17) is 19.4 Å². The van der Waals surface area contributed by atoms with Crippen molar-refractivity contribution in [1.82, 2.24) is 9.55 Å². The Bertz CT molecular complexity index is 1430. The number of H-pyrrole nitrogens is 1. The predicted molar refractivity (Wildman–Crippen MR) is 158 cm³/mol. The standard InChI is InChI=1S/C29H37N5O6Si/c1-28(2,3)41(21-12-7-5-8-13-21,22-14-9-6-10-15-22)39-20-29(17-11-18-31-33-30)25(36)24(38-4)26(40-29)34-19-16-23(35)32-27(34)37/h5-10,12-16,19,24-26,36H,11,17-18,20H2,1-4H3,(H,32,35,37)/t24-,25+,26-,29-/m1/s1. The van der Waals surface area contributed by atoms with Crippen molar-refractivity contribution in [2.24, 2.45) is 5.11 Å². The van der Waals surface area contributed by atoms with Crippen LogP contribution in [-0.2, 0) is 13.9 Å². The zero-order chi connectivity index (χ0) is 29.7. The van der Waals surface area contributed by atoms with Gasteiger partial charge < -0.3 is 19.0 Å². The molecule has 0 radical (unpaired) electrons. The Kier molecular flexibility index (Phi) is 9.33. The number of azide groups is 1. The van der Waals surface area contributed by atoms with Crippen LogP contribution in [0.2, 0.25) is 5.04 Å². The number of hydrogen-bond donors (Lipinski definition) is 2. The Balaban J connectivity index is 1.82. The monoisotopic (exact) mass is 579 g/mol. The molecule has 218 valence electrons. The Labute approximate surface area is 239 Å². The number of rotatable bonds is 11. The molecule has 4 atom stereocenters. The second-order valence-corrected chi connectivity index (χ2v) is 15.6. The van der Waals surface area contributed by atoms with Crippen LogP contribution in [0.3, 0.4) is 0 Å². The topological polar surface area (TPSA) is 152 Å². The summed E-state index contributed by atoms with van der Waals surface area (Å²) >= 11 is 0. The summed E-state index contributed by atoms with van der Waals surface area (Å²) in [4.78, 5) is 29.6. The lowest BCUT2D eigenvalue weighted by molar-refractivity contribution is -0.130. The summed E-state index contributed by atoms with van der Waals surface area (Å²) in [5.74, 6) is 0. The molecule has 1 saturated heterocycles. The van der Waals surface area contributed by atoms with Crippen LogP contribution in [0.1, 0.15) is 39.8 Å². The first-order chi connectivity index (χ1) is 19.6. The lowest BCUT2D eigenvalue weighted by Gasteiger charge is -2.45. The second-order valence-electron chi connectivity index (χ2n) is 11.2. The third kappa shape index (κ3) is 5.94. The Morgan fingerprint density at radius 1 is 1.10 bits per heavy atom. The highest BCUT2D eigenvalue weighted by Crippen LogP contribution is 2.44. The summed E-state index contributed by atoms with van der Waals surface area (Å²) < 4.78 is 20.6. The van der Waals surface area contributed by atoms with Gasteiger partial charge in [-0.2, -0.15) is 0 Å². The van der Waals surface area contributed by atoms with Crippen LogP contribution >= 0.6 is 0 Å². The highest BCUT2D eigenvalue weighted by Gasteiger charge is 2.58. The average Bonchev–Trinajstić information content (AvgIpc) is 3.23. The largest absolute Gasteiger partial charge is 0.404 e. The molecule has 0 unspecified atom stereocenters. The summed E-state index contributed by atoms with van der Waals surface area (Å²) in [6.07, 6.45) is -1.21. The third-order valence-corrected chi connectivity index (χ3v) is 12.7. The number of ether oxygens (including phenoxy) is 2. The van der Waals surface area contributed by atoms with E-state index in [1.807, 2.05) is 36.4 Å². The van der Waals surface area contributed by atoms with Crippen molar-refractivity contribution in [1.29, 1.82) is 0 Å². The van der Waals surface area contributed by atoms with Gasteiger partial charge >= 0.3 is 5.69 Å². The van der Waals surface area contributed by atoms with Gasteiger partial charge in [-0.15, -0.1) is 0 Å². The molecule has 2 aromatic carbocycles. The van der Waals surface area contributed by atoms with Gasteiger partial charge in [-0.1, -0.05) is 86.5 Å². The minimum absolute atomic E-state index is 0.0216. The highest BCUT2D eigenvalue weighted by molar-refractivity contribution is 6.99. The number of aromatic amines is 1. The number of methoxy groups -OCH3 is 1. The number of aliphatic hydroxyl groups is 1.